The van der Waals surface area contributed by atoms with E-state index in [4.69, 9.17) is 5.11 Å². The summed E-state index contributed by atoms with van der Waals surface area (Å²) in [5, 5.41) is 22.4. The molecule has 0 aliphatic carbocycles. The van der Waals surface area contributed by atoms with Crippen molar-refractivity contribution in [3.8, 4) is 5.75 Å². The number of para-hydroxylation sites is 2. The first-order valence-corrected chi connectivity index (χ1v) is 5.55. The second-order valence-corrected chi connectivity index (χ2v) is 3.74. The minimum atomic E-state index is -1.15. The molecule has 0 radical (unpaired) electrons. The highest BCUT2D eigenvalue weighted by Gasteiger charge is 2.09. The van der Waals surface area contributed by atoms with E-state index in [1.807, 2.05) is 0 Å². The average Bonchev–Trinajstić information content (AvgIpc) is 2.36. The summed E-state index contributed by atoms with van der Waals surface area (Å²) in [6.45, 7) is -0.472. The molecule has 0 unspecified atom stereocenters. The van der Waals surface area contributed by atoms with Gasteiger partial charge >= 0.3 is 5.97 Å². The molecule has 0 aromatic heterocycles. The Balaban J connectivity index is 2.34. The van der Waals surface area contributed by atoms with Gasteiger partial charge in [-0.25, -0.2) is 0 Å². The van der Waals surface area contributed by atoms with Gasteiger partial charge < -0.3 is 20.8 Å². The van der Waals surface area contributed by atoms with Crippen LogP contribution in [0.25, 0.3) is 0 Å². The van der Waals surface area contributed by atoms with Gasteiger partial charge in [0.05, 0.1) is 5.69 Å². The number of aromatic hydroxyl groups is 1. The van der Waals surface area contributed by atoms with Gasteiger partial charge in [0.25, 0.3) is 0 Å². The molecule has 0 fully saturated rings. The summed E-state index contributed by atoms with van der Waals surface area (Å²) >= 11 is 0. The number of aliphatic carboxylic acids is 1. The molecule has 4 N–H and O–H groups in total. The molecule has 0 aliphatic heterocycles. The van der Waals surface area contributed by atoms with Crippen LogP contribution in [0.4, 0.5) is 5.69 Å². The molecule has 2 amide bonds. The lowest BCUT2D eigenvalue weighted by molar-refractivity contribution is -0.138. The first kappa shape index (κ1) is 14.5. The van der Waals surface area contributed by atoms with E-state index in [1.54, 1.807) is 12.1 Å². The van der Waals surface area contributed by atoms with Gasteiger partial charge in [-0.05, 0) is 12.1 Å². The molecule has 102 valence electrons. The van der Waals surface area contributed by atoms with E-state index in [9.17, 15) is 19.5 Å². The molecule has 0 aliphatic rings. The average molecular weight is 266 g/mol. The number of nitrogens with one attached hydrogen (secondary N) is 2. The van der Waals surface area contributed by atoms with Gasteiger partial charge in [-0.1, -0.05) is 12.1 Å². The molecule has 0 saturated carbocycles. The number of anilines is 1. The number of carbonyl (C=O) groups excluding carboxylic acids is 2. The standard InChI is InChI=1S/C12H14N2O5/c15-9-4-2-1-3-8(9)14-11(17)6-5-10(16)13-7-12(18)19/h1-4,15H,5-7H2,(H,13,16)(H,14,17)(H,18,19). The van der Waals surface area contributed by atoms with Gasteiger partial charge in [0, 0.05) is 12.8 Å². The second kappa shape index (κ2) is 7.00. The lowest BCUT2D eigenvalue weighted by Crippen LogP contribution is -2.29. The first-order chi connectivity index (χ1) is 8.99. The normalized spacial score (nSPS) is 9.68. The molecule has 0 bridgehead atoms. The number of carboxylic acid groups (broad SMARTS) is 1. The van der Waals surface area contributed by atoms with Crippen molar-refractivity contribution in [2.24, 2.45) is 0 Å². The molecular formula is C12H14N2O5. The van der Waals surface area contributed by atoms with Crippen LogP contribution in [-0.4, -0.2) is 34.5 Å². The van der Waals surface area contributed by atoms with Crippen LogP contribution in [0.3, 0.4) is 0 Å². The van der Waals surface area contributed by atoms with Gasteiger partial charge in [-0.3, -0.25) is 14.4 Å². The number of amides is 2. The van der Waals surface area contributed by atoms with Crippen molar-refractivity contribution in [3.05, 3.63) is 24.3 Å². The zero-order chi connectivity index (χ0) is 14.3. The zero-order valence-corrected chi connectivity index (χ0v) is 10.0. The van der Waals surface area contributed by atoms with Crippen molar-refractivity contribution >= 4 is 23.5 Å². The summed E-state index contributed by atoms with van der Waals surface area (Å²) in [5.74, 6) is -2.17. The quantitative estimate of drug-likeness (QED) is 0.553. The number of benzene rings is 1. The maximum absolute atomic E-state index is 11.5. The summed E-state index contributed by atoms with van der Waals surface area (Å²) in [6, 6.07) is 6.21. The fourth-order valence-electron chi connectivity index (χ4n) is 1.28. The fourth-order valence-corrected chi connectivity index (χ4v) is 1.28. The van der Waals surface area contributed by atoms with Crippen molar-refractivity contribution in [2.45, 2.75) is 12.8 Å². The summed E-state index contributed by atoms with van der Waals surface area (Å²) in [6.07, 6.45) is -0.216. The smallest absolute Gasteiger partial charge is 0.322 e. The van der Waals surface area contributed by atoms with E-state index >= 15 is 0 Å². The van der Waals surface area contributed by atoms with Crippen LogP contribution in [0.1, 0.15) is 12.8 Å². The Hall–Kier alpha value is -2.57. The van der Waals surface area contributed by atoms with E-state index in [2.05, 4.69) is 10.6 Å². The Kier molecular flexibility index (Phi) is 5.34. The van der Waals surface area contributed by atoms with Crippen molar-refractivity contribution in [1.82, 2.24) is 5.32 Å². The van der Waals surface area contributed by atoms with Gasteiger partial charge in [0.15, 0.2) is 0 Å². The van der Waals surface area contributed by atoms with E-state index in [0.29, 0.717) is 0 Å². The topological polar surface area (TPSA) is 116 Å². The van der Waals surface area contributed by atoms with E-state index in [1.165, 1.54) is 12.1 Å². The predicted molar refractivity (Wildman–Crippen MR) is 66.6 cm³/mol. The third kappa shape index (κ3) is 5.53. The number of phenolic OH excluding ortho intramolecular Hbond substituents is 1. The lowest BCUT2D eigenvalue weighted by atomic mass is 10.2. The van der Waals surface area contributed by atoms with Crippen LogP contribution in [0.15, 0.2) is 24.3 Å². The second-order valence-electron chi connectivity index (χ2n) is 3.74. The van der Waals surface area contributed by atoms with Gasteiger partial charge in [-0.2, -0.15) is 0 Å². The Morgan fingerprint density at radius 1 is 1.05 bits per heavy atom. The maximum Gasteiger partial charge on any atom is 0.322 e. The van der Waals surface area contributed by atoms with Crippen molar-refractivity contribution < 1.29 is 24.6 Å². The zero-order valence-electron chi connectivity index (χ0n) is 10.0. The summed E-state index contributed by atoms with van der Waals surface area (Å²) in [5.41, 5.74) is 0.262. The molecule has 7 nitrogen and oxygen atoms in total. The van der Waals surface area contributed by atoms with Gasteiger partial charge in [-0.15, -0.1) is 0 Å². The van der Waals surface area contributed by atoms with Crippen molar-refractivity contribution in [1.29, 1.82) is 0 Å². The molecule has 7 heteroatoms. The van der Waals surface area contributed by atoms with Crippen LogP contribution >= 0.6 is 0 Å². The fraction of sp³-hybridized carbons (Fsp3) is 0.250. The van der Waals surface area contributed by atoms with E-state index in [0.717, 1.165) is 0 Å². The molecule has 0 atom stereocenters. The summed E-state index contributed by atoms with van der Waals surface area (Å²) in [7, 11) is 0. The Morgan fingerprint density at radius 3 is 2.32 bits per heavy atom. The number of phenols is 1. The Bertz CT molecular complexity index is 487. The molecule has 1 aromatic rings. The molecule has 0 spiro atoms. The molecule has 1 aromatic carbocycles. The first-order valence-electron chi connectivity index (χ1n) is 5.55. The van der Waals surface area contributed by atoms with E-state index in [-0.39, 0.29) is 24.3 Å². The number of carbonyl (C=O) groups is 3. The number of hydrogen-bond donors (Lipinski definition) is 4. The van der Waals surface area contributed by atoms with E-state index < -0.39 is 24.3 Å². The number of rotatable bonds is 6. The maximum atomic E-state index is 11.5. The van der Waals surface area contributed by atoms with Crippen molar-refractivity contribution in [3.63, 3.8) is 0 Å². The number of carboxylic acids is 1. The Morgan fingerprint density at radius 2 is 1.68 bits per heavy atom. The molecule has 0 saturated heterocycles. The SMILES string of the molecule is O=C(O)CNC(=O)CCC(=O)Nc1ccccc1O. The van der Waals surface area contributed by atoms with Gasteiger partial charge in [0.1, 0.15) is 12.3 Å². The molecular weight excluding hydrogens is 252 g/mol. The predicted octanol–water partition coefficient (Wildman–Crippen LogP) is 0.312. The summed E-state index contributed by atoms with van der Waals surface area (Å²) in [4.78, 5) is 32.9. The minimum Gasteiger partial charge on any atom is -0.506 e. The molecule has 0 heterocycles. The molecule has 19 heavy (non-hydrogen) atoms. The lowest BCUT2D eigenvalue weighted by Gasteiger charge is -2.06. The van der Waals surface area contributed by atoms with Crippen LogP contribution in [-0.2, 0) is 14.4 Å². The highest BCUT2D eigenvalue weighted by atomic mass is 16.4. The number of hydrogen-bond acceptors (Lipinski definition) is 4. The largest absolute Gasteiger partial charge is 0.506 e. The third-order valence-corrected chi connectivity index (χ3v) is 2.19. The Labute approximate surface area is 109 Å². The van der Waals surface area contributed by atoms with Crippen molar-refractivity contribution in [2.75, 3.05) is 11.9 Å². The van der Waals surface area contributed by atoms with Gasteiger partial charge in [0.2, 0.25) is 11.8 Å². The third-order valence-electron chi connectivity index (χ3n) is 2.19. The van der Waals surface area contributed by atoms with Crippen LogP contribution in [0, 0.1) is 0 Å². The van der Waals surface area contributed by atoms with Crippen LogP contribution < -0.4 is 10.6 Å². The van der Waals surface area contributed by atoms with Crippen LogP contribution in [0.2, 0.25) is 0 Å². The monoisotopic (exact) mass is 266 g/mol. The van der Waals surface area contributed by atoms with Crippen LogP contribution in [0.5, 0.6) is 5.75 Å². The summed E-state index contributed by atoms with van der Waals surface area (Å²) < 4.78 is 0. The molecule has 1 rings (SSSR count). The minimum absolute atomic E-state index is 0.0637. The highest BCUT2D eigenvalue weighted by Crippen LogP contribution is 2.21. The highest BCUT2D eigenvalue weighted by molar-refractivity contribution is 5.94.